The van der Waals surface area contributed by atoms with Gasteiger partial charge in [-0.1, -0.05) is 17.7 Å². The molecule has 1 aliphatic carbocycles. The van der Waals surface area contributed by atoms with E-state index < -0.39 is 5.82 Å². The fourth-order valence-corrected chi connectivity index (χ4v) is 4.04. The van der Waals surface area contributed by atoms with Gasteiger partial charge >= 0.3 is 0 Å². The zero-order valence-electron chi connectivity index (χ0n) is 14.0. The average molecular weight is 363 g/mol. The first-order valence-corrected chi connectivity index (χ1v) is 8.82. The van der Waals surface area contributed by atoms with Gasteiger partial charge in [0.25, 0.3) is 5.91 Å². The van der Waals surface area contributed by atoms with E-state index in [1.165, 1.54) is 6.07 Å². The second-order valence-electron chi connectivity index (χ2n) is 7.01. The molecule has 7 heteroatoms. The van der Waals surface area contributed by atoms with E-state index >= 15 is 0 Å². The molecule has 2 aromatic rings. The van der Waals surface area contributed by atoms with Gasteiger partial charge in [0, 0.05) is 26.3 Å². The van der Waals surface area contributed by atoms with Crippen LogP contribution in [0.15, 0.2) is 30.7 Å². The fraction of sp³-hybridized carbons (Fsp3) is 0.444. The highest BCUT2D eigenvalue weighted by molar-refractivity contribution is 6.30. The number of nitrogens with one attached hydrogen (secondary N) is 1. The van der Waals surface area contributed by atoms with E-state index in [1.54, 1.807) is 29.2 Å². The number of fused-ring (bicyclic) bond motifs is 1. The topological polar surface area (TPSA) is 50.2 Å². The van der Waals surface area contributed by atoms with Gasteiger partial charge in [-0.05, 0) is 48.5 Å². The van der Waals surface area contributed by atoms with Crippen LogP contribution in [0.2, 0.25) is 5.02 Å². The summed E-state index contributed by atoms with van der Waals surface area (Å²) in [5.74, 6) is 1.31. The lowest BCUT2D eigenvalue weighted by Gasteiger charge is -2.23. The molecule has 25 heavy (non-hydrogen) atoms. The van der Waals surface area contributed by atoms with Gasteiger partial charge in [-0.25, -0.2) is 9.37 Å². The maximum absolute atomic E-state index is 13.4. The van der Waals surface area contributed by atoms with Crippen molar-refractivity contribution in [1.29, 1.82) is 0 Å². The van der Waals surface area contributed by atoms with Gasteiger partial charge in [0.1, 0.15) is 11.5 Å². The summed E-state index contributed by atoms with van der Waals surface area (Å²) in [5, 5.41) is 3.45. The molecule has 4 rings (SSSR count). The number of rotatable bonds is 5. The third-order valence-electron chi connectivity index (χ3n) is 5.27. The minimum absolute atomic E-state index is 0.0789. The number of benzene rings is 1. The molecular formula is C18H20ClFN4O. The first-order chi connectivity index (χ1) is 12.0. The van der Waals surface area contributed by atoms with Crippen LogP contribution in [0.5, 0.6) is 0 Å². The maximum atomic E-state index is 13.4. The number of nitrogens with zero attached hydrogens (tertiary/aromatic N) is 3. The Morgan fingerprint density at radius 1 is 1.44 bits per heavy atom. The minimum Gasteiger partial charge on any atom is -0.340 e. The van der Waals surface area contributed by atoms with Crippen LogP contribution in [0.3, 0.4) is 0 Å². The first kappa shape index (κ1) is 16.5. The Morgan fingerprint density at radius 2 is 2.20 bits per heavy atom. The monoisotopic (exact) mass is 362 g/mol. The van der Waals surface area contributed by atoms with E-state index in [-0.39, 0.29) is 10.9 Å². The van der Waals surface area contributed by atoms with Crippen LogP contribution in [-0.2, 0) is 13.6 Å². The van der Waals surface area contributed by atoms with Crippen molar-refractivity contribution >= 4 is 17.5 Å². The smallest absolute Gasteiger partial charge is 0.274 e. The normalized spacial score (nSPS) is 24.2. The van der Waals surface area contributed by atoms with Gasteiger partial charge in [-0.2, -0.15) is 0 Å². The van der Waals surface area contributed by atoms with Crippen molar-refractivity contribution in [3.8, 4) is 0 Å². The summed E-state index contributed by atoms with van der Waals surface area (Å²) in [6, 6.07) is 4.61. The van der Waals surface area contributed by atoms with Crippen molar-refractivity contribution < 1.29 is 9.18 Å². The van der Waals surface area contributed by atoms with Crippen molar-refractivity contribution in [2.75, 3.05) is 19.6 Å². The number of aromatic nitrogens is 2. The van der Waals surface area contributed by atoms with Gasteiger partial charge in [0.15, 0.2) is 0 Å². The SMILES string of the molecule is Cn1cnc(C(=O)N(Cc2ccc(F)c(Cl)c2)CC2[C@H]3CNC[C@@H]23)c1. The highest BCUT2D eigenvalue weighted by Crippen LogP contribution is 2.49. The predicted molar refractivity (Wildman–Crippen MR) is 92.7 cm³/mol. The molecule has 1 aromatic carbocycles. The number of carbonyl (C=O) groups excluding carboxylic acids is 1. The molecule has 1 aliphatic heterocycles. The lowest BCUT2D eigenvalue weighted by Crippen LogP contribution is -2.34. The van der Waals surface area contributed by atoms with E-state index in [0.29, 0.717) is 36.5 Å². The molecule has 0 bridgehead atoms. The molecule has 1 saturated heterocycles. The molecule has 0 radical (unpaired) electrons. The van der Waals surface area contributed by atoms with Crippen molar-refractivity contribution in [2.24, 2.45) is 24.8 Å². The zero-order valence-corrected chi connectivity index (χ0v) is 14.7. The highest BCUT2D eigenvalue weighted by Gasteiger charge is 2.53. The van der Waals surface area contributed by atoms with E-state index in [0.717, 1.165) is 18.7 Å². The summed E-state index contributed by atoms with van der Waals surface area (Å²) >= 11 is 5.89. The molecule has 1 N–H and O–H groups in total. The number of carbonyl (C=O) groups is 1. The first-order valence-electron chi connectivity index (χ1n) is 8.45. The second kappa shape index (κ2) is 6.42. The summed E-state index contributed by atoms with van der Waals surface area (Å²) in [6.07, 6.45) is 3.35. The highest BCUT2D eigenvalue weighted by atomic mass is 35.5. The molecule has 2 fully saturated rings. The predicted octanol–water partition coefficient (Wildman–Crippen LogP) is 2.32. The van der Waals surface area contributed by atoms with Crippen LogP contribution < -0.4 is 5.32 Å². The van der Waals surface area contributed by atoms with Crippen LogP contribution in [0.4, 0.5) is 4.39 Å². The second-order valence-corrected chi connectivity index (χ2v) is 7.42. The summed E-state index contributed by atoms with van der Waals surface area (Å²) in [6.45, 7) is 3.16. The van der Waals surface area contributed by atoms with Gasteiger partial charge in [0.2, 0.25) is 0 Å². The molecular weight excluding hydrogens is 343 g/mol. The summed E-state index contributed by atoms with van der Waals surface area (Å²) in [4.78, 5) is 18.9. The molecule has 0 spiro atoms. The molecule has 2 aliphatic rings. The van der Waals surface area contributed by atoms with Gasteiger partial charge in [-0.3, -0.25) is 4.79 Å². The number of hydrogen-bond donors (Lipinski definition) is 1. The van der Waals surface area contributed by atoms with Crippen molar-refractivity contribution in [1.82, 2.24) is 19.8 Å². The largest absolute Gasteiger partial charge is 0.340 e. The molecule has 1 unspecified atom stereocenters. The molecule has 3 atom stereocenters. The number of imidazole rings is 1. The number of aryl methyl sites for hydroxylation is 1. The van der Waals surface area contributed by atoms with Crippen molar-refractivity contribution in [3.63, 3.8) is 0 Å². The van der Waals surface area contributed by atoms with Gasteiger partial charge < -0.3 is 14.8 Å². The van der Waals surface area contributed by atoms with Crippen LogP contribution in [0, 0.1) is 23.6 Å². The maximum Gasteiger partial charge on any atom is 0.274 e. The Bertz CT molecular complexity index is 798. The van der Waals surface area contributed by atoms with Crippen LogP contribution in [0.25, 0.3) is 0 Å². The Labute approximate surface area is 150 Å². The van der Waals surface area contributed by atoms with Gasteiger partial charge in [0.05, 0.1) is 11.3 Å². The third kappa shape index (κ3) is 3.28. The summed E-state index contributed by atoms with van der Waals surface area (Å²) < 4.78 is 15.2. The quantitative estimate of drug-likeness (QED) is 0.888. The Balaban J connectivity index is 1.54. The molecule has 1 saturated carbocycles. The minimum atomic E-state index is -0.448. The van der Waals surface area contributed by atoms with E-state index in [2.05, 4.69) is 10.3 Å². The Kier molecular flexibility index (Phi) is 4.25. The molecule has 132 valence electrons. The zero-order chi connectivity index (χ0) is 17.6. The lowest BCUT2D eigenvalue weighted by molar-refractivity contribution is 0.0723. The van der Waals surface area contributed by atoms with E-state index in [4.69, 9.17) is 11.6 Å². The molecule has 2 heterocycles. The molecule has 1 amide bonds. The Morgan fingerprint density at radius 3 is 2.84 bits per heavy atom. The number of amides is 1. The summed E-state index contributed by atoms with van der Waals surface area (Å²) in [7, 11) is 1.84. The standard InChI is InChI=1S/C18H20ClFN4O/c1-23-9-17(22-10-23)18(25)24(8-14-12-5-21-6-13(12)14)7-11-2-3-16(20)15(19)4-11/h2-4,9-10,12-14,21H,5-8H2,1H3/t12-,13+,14?. The summed E-state index contributed by atoms with van der Waals surface area (Å²) in [5.41, 5.74) is 1.25. The van der Waals surface area contributed by atoms with Crippen molar-refractivity contribution in [2.45, 2.75) is 6.54 Å². The van der Waals surface area contributed by atoms with E-state index in [1.807, 2.05) is 11.9 Å². The number of hydrogen-bond acceptors (Lipinski definition) is 3. The number of piperidine rings is 1. The fourth-order valence-electron chi connectivity index (χ4n) is 3.83. The van der Waals surface area contributed by atoms with Crippen LogP contribution in [-0.4, -0.2) is 40.0 Å². The third-order valence-corrected chi connectivity index (χ3v) is 5.56. The number of halogens is 2. The van der Waals surface area contributed by atoms with Crippen LogP contribution in [0.1, 0.15) is 16.1 Å². The lowest BCUT2D eigenvalue weighted by atomic mass is 10.1. The Hall–Kier alpha value is -1.92. The van der Waals surface area contributed by atoms with E-state index in [9.17, 15) is 9.18 Å². The molecule has 1 aromatic heterocycles. The molecule has 5 nitrogen and oxygen atoms in total. The van der Waals surface area contributed by atoms with Gasteiger partial charge in [-0.15, -0.1) is 0 Å². The van der Waals surface area contributed by atoms with Crippen LogP contribution >= 0.6 is 11.6 Å². The van der Waals surface area contributed by atoms with Crippen molar-refractivity contribution in [3.05, 3.63) is 52.8 Å². The average Bonchev–Trinajstić information content (AvgIpc) is 2.98.